The first kappa shape index (κ1) is 24.2. The number of nitrogens with one attached hydrogen (secondary N) is 1. The highest BCUT2D eigenvalue weighted by molar-refractivity contribution is 5.82. The molecule has 1 atom stereocenters. The lowest BCUT2D eigenvalue weighted by Gasteiger charge is -2.36. The number of amides is 2. The van der Waals surface area contributed by atoms with Crippen molar-refractivity contribution >= 4 is 17.5 Å². The molecule has 2 aromatic carbocycles. The van der Waals surface area contributed by atoms with Gasteiger partial charge < -0.3 is 15.1 Å². The summed E-state index contributed by atoms with van der Waals surface area (Å²) in [6, 6.07) is 16.6. The van der Waals surface area contributed by atoms with Crippen LogP contribution in [-0.4, -0.2) is 74.0 Å². The van der Waals surface area contributed by atoms with E-state index >= 15 is 0 Å². The lowest BCUT2D eigenvalue weighted by atomic mass is 9.96. The molecule has 182 valence electrons. The van der Waals surface area contributed by atoms with Gasteiger partial charge in [0.1, 0.15) is 5.82 Å². The van der Waals surface area contributed by atoms with E-state index in [2.05, 4.69) is 39.4 Å². The molecule has 2 aliphatic rings. The maximum Gasteiger partial charge on any atom is 0.227 e. The molecule has 2 aromatic rings. The summed E-state index contributed by atoms with van der Waals surface area (Å²) >= 11 is 0. The van der Waals surface area contributed by atoms with Gasteiger partial charge in [0.15, 0.2) is 0 Å². The van der Waals surface area contributed by atoms with Crippen molar-refractivity contribution in [1.29, 1.82) is 0 Å². The highest BCUT2D eigenvalue weighted by atomic mass is 19.1. The third kappa shape index (κ3) is 6.79. The zero-order valence-electron chi connectivity index (χ0n) is 19.8. The number of carbonyl (C=O) groups excluding carboxylic acids is 2. The van der Waals surface area contributed by atoms with Gasteiger partial charge in [0.25, 0.3) is 0 Å². The lowest BCUT2D eigenvalue weighted by molar-refractivity contribution is -0.135. The smallest absolute Gasteiger partial charge is 0.227 e. The van der Waals surface area contributed by atoms with E-state index in [1.165, 1.54) is 17.8 Å². The Labute approximate surface area is 201 Å². The minimum Gasteiger partial charge on any atom is -0.369 e. The first-order valence-corrected chi connectivity index (χ1v) is 12.4. The van der Waals surface area contributed by atoms with Gasteiger partial charge in [-0.25, -0.2) is 4.39 Å². The van der Waals surface area contributed by atoms with Crippen LogP contribution in [0.15, 0.2) is 54.6 Å². The number of rotatable bonds is 8. The van der Waals surface area contributed by atoms with Crippen LogP contribution >= 0.6 is 0 Å². The van der Waals surface area contributed by atoms with Crippen molar-refractivity contribution in [1.82, 2.24) is 15.1 Å². The highest BCUT2D eigenvalue weighted by Crippen LogP contribution is 2.18. The molecule has 0 aromatic heterocycles. The number of piperazine rings is 1. The first-order chi connectivity index (χ1) is 16.6. The van der Waals surface area contributed by atoms with E-state index in [-0.39, 0.29) is 30.0 Å². The number of anilines is 1. The normalized spacial score (nSPS) is 19.1. The molecule has 0 bridgehead atoms. The summed E-state index contributed by atoms with van der Waals surface area (Å²) in [5.41, 5.74) is 2.08. The number of likely N-dealkylation sites (tertiary alicyclic amines) is 1. The first-order valence-electron chi connectivity index (χ1n) is 12.4. The fourth-order valence-electron chi connectivity index (χ4n) is 4.83. The number of benzene rings is 2. The van der Waals surface area contributed by atoms with Crippen molar-refractivity contribution in [3.05, 3.63) is 66.0 Å². The van der Waals surface area contributed by atoms with Gasteiger partial charge in [-0.1, -0.05) is 30.3 Å². The predicted octanol–water partition coefficient (Wildman–Crippen LogP) is 2.94. The molecular formula is C27H35FN4O2. The Morgan fingerprint density at radius 2 is 1.68 bits per heavy atom. The Kier molecular flexibility index (Phi) is 8.52. The third-order valence-corrected chi connectivity index (χ3v) is 6.86. The second-order valence-electron chi connectivity index (χ2n) is 9.29. The molecule has 6 nitrogen and oxygen atoms in total. The van der Waals surface area contributed by atoms with Crippen LogP contribution in [0.4, 0.5) is 10.1 Å². The van der Waals surface area contributed by atoms with Crippen LogP contribution in [0.2, 0.25) is 0 Å². The zero-order chi connectivity index (χ0) is 23.8. The monoisotopic (exact) mass is 466 g/mol. The largest absolute Gasteiger partial charge is 0.369 e. The zero-order valence-corrected chi connectivity index (χ0v) is 19.8. The number of hydrogen-bond donors (Lipinski definition) is 1. The molecular weight excluding hydrogens is 431 g/mol. The molecule has 7 heteroatoms. The summed E-state index contributed by atoms with van der Waals surface area (Å²) in [5.74, 6) is -0.410. The fraction of sp³-hybridized carbons (Fsp3) is 0.481. The molecule has 0 spiro atoms. The molecule has 0 aliphatic carbocycles. The molecule has 0 radical (unpaired) electrons. The van der Waals surface area contributed by atoms with Crippen molar-refractivity contribution in [2.45, 2.75) is 25.7 Å². The predicted molar refractivity (Wildman–Crippen MR) is 132 cm³/mol. The van der Waals surface area contributed by atoms with Gasteiger partial charge >= 0.3 is 0 Å². The molecule has 1 N–H and O–H groups in total. The molecule has 0 saturated carbocycles. The topological polar surface area (TPSA) is 55.9 Å². The second kappa shape index (κ2) is 12.0. The molecule has 2 saturated heterocycles. The summed E-state index contributed by atoms with van der Waals surface area (Å²) in [6.07, 6.45) is 2.82. The minimum absolute atomic E-state index is 0.00115. The number of halogens is 1. The summed E-state index contributed by atoms with van der Waals surface area (Å²) in [7, 11) is 0. The SMILES string of the molecule is O=C(NCCCN1CCN(c2ccccc2)CC1)C1CCCN(C(=O)Cc2ccc(F)cc2)C1. The molecule has 2 heterocycles. The van der Waals surface area contributed by atoms with E-state index < -0.39 is 0 Å². The maximum atomic E-state index is 13.1. The molecule has 1 unspecified atom stereocenters. The van der Waals surface area contributed by atoms with Crippen LogP contribution in [-0.2, 0) is 16.0 Å². The van der Waals surface area contributed by atoms with Crippen LogP contribution in [0.3, 0.4) is 0 Å². The van der Waals surface area contributed by atoms with Gasteiger partial charge in [0, 0.05) is 51.5 Å². The molecule has 4 rings (SSSR count). The summed E-state index contributed by atoms with van der Waals surface area (Å²) in [4.78, 5) is 32.0. The summed E-state index contributed by atoms with van der Waals surface area (Å²) in [6.45, 7) is 6.92. The van der Waals surface area contributed by atoms with Gasteiger partial charge in [-0.05, 0) is 55.6 Å². The van der Waals surface area contributed by atoms with Gasteiger partial charge in [-0.15, -0.1) is 0 Å². The second-order valence-corrected chi connectivity index (χ2v) is 9.29. The number of carbonyl (C=O) groups is 2. The van der Waals surface area contributed by atoms with E-state index in [1.807, 2.05) is 6.07 Å². The van der Waals surface area contributed by atoms with Gasteiger partial charge in [0.05, 0.1) is 12.3 Å². The van der Waals surface area contributed by atoms with E-state index in [1.54, 1.807) is 17.0 Å². The average Bonchev–Trinajstić information content (AvgIpc) is 2.89. The van der Waals surface area contributed by atoms with Crippen molar-refractivity contribution < 1.29 is 14.0 Å². The molecule has 2 aliphatic heterocycles. The van der Waals surface area contributed by atoms with E-state index in [0.29, 0.717) is 19.6 Å². The number of nitrogens with zero attached hydrogens (tertiary/aromatic N) is 3. The Morgan fingerprint density at radius 1 is 0.941 bits per heavy atom. The standard InChI is InChI=1S/C27H35FN4O2/c28-24-11-9-22(10-12-24)20-26(33)32-15-4-6-23(21-32)27(34)29-13-5-14-30-16-18-31(19-17-30)25-7-2-1-3-8-25/h1-3,7-12,23H,4-6,13-21H2,(H,29,34). The van der Waals surface area contributed by atoms with E-state index in [4.69, 9.17) is 0 Å². The maximum absolute atomic E-state index is 13.1. The van der Waals surface area contributed by atoms with E-state index in [0.717, 1.165) is 57.5 Å². The molecule has 2 amide bonds. The number of piperidine rings is 1. The van der Waals surface area contributed by atoms with Crippen LogP contribution in [0.1, 0.15) is 24.8 Å². The van der Waals surface area contributed by atoms with Gasteiger partial charge in [-0.2, -0.15) is 0 Å². The van der Waals surface area contributed by atoms with Gasteiger partial charge in [-0.3, -0.25) is 14.5 Å². The average molecular weight is 467 g/mol. The third-order valence-electron chi connectivity index (χ3n) is 6.86. The quantitative estimate of drug-likeness (QED) is 0.608. The highest BCUT2D eigenvalue weighted by Gasteiger charge is 2.28. The Bertz CT molecular complexity index is 929. The summed E-state index contributed by atoms with van der Waals surface area (Å²) < 4.78 is 13.1. The van der Waals surface area contributed by atoms with Crippen molar-refractivity contribution in [2.75, 3.05) is 57.3 Å². The number of hydrogen-bond acceptors (Lipinski definition) is 4. The van der Waals surface area contributed by atoms with Crippen LogP contribution in [0.5, 0.6) is 0 Å². The number of para-hydroxylation sites is 1. The lowest BCUT2D eigenvalue weighted by Crippen LogP contribution is -2.47. The summed E-state index contributed by atoms with van der Waals surface area (Å²) in [5, 5.41) is 3.09. The van der Waals surface area contributed by atoms with Gasteiger partial charge in [0.2, 0.25) is 11.8 Å². The van der Waals surface area contributed by atoms with Crippen LogP contribution < -0.4 is 10.2 Å². The Balaban J connectivity index is 1.13. The Hall–Kier alpha value is -2.93. The van der Waals surface area contributed by atoms with Crippen molar-refractivity contribution in [3.63, 3.8) is 0 Å². The van der Waals surface area contributed by atoms with Crippen LogP contribution in [0, 0.1) is 11.7 Å². The van der Waals surface area contributed by atoms with Crippen molar-refractivity contribution in [3.8, 4) is 0 Å². The molecule has 34 heavy (non-hydrogen) atoms. The van der Waals surface area contributed by atoms with Crippen LogP contribution in [0.25, 0.3) is 0 Å². The van der Waals surface area contributed by atoms with E-state index in [9.17, 15) is 14.0 Å². The fourth-order valence-corrected chi connectivity index (χ4v) is 4.83. The Morgan fingerprint density at radius 3 is 2.41 bits per heavy atom. The molecule has 2 fully saturated rings. The van der Waals surface area contributed by atoms with Crippen molar-refractivity contribution in [2.24, 2.45) is 5.92 Å². The minimum atomic E-state index is -0.305.